The normalized spacial score (nSPS) is 10.7. The van der Waals surface area contributed by atoms with Crippen LogP contribution in [-0.2, 0) is 10.4 Å². The summed E-state index contributed by atoms with van der Waals surface area (Å²) in [5.41, 5.74) is 0. The topological polar surface area (TPSA) is 164 Å². The molecule has 0 bridgehead atoms. The average molecular weight is 235 g/mol. The van der Waals surface area contributed by atoms with Gasteiger partial charge in [-0.2, -0.15) is 22.4 Å². The zero-order valence-corrected chi connectivity index (χ0v) is 6.97. The maximum absolute atomic E-state index is 8.74. The van der Waals surface area contributed by atoms with E-state index < -0.39 is 20.6 Å². The summed E-state index contributed by atoms with van der Waals surface area (Å²) < 4.78 is 64.3. The molecule has 0 saturated carbocycles. The third kappa shape index (κ3) is 8410. The zero-order valence-electron chi connectivity index (χ0n) is 4.58. The lowest BCUT2D eigenvalue weighted by Crippen LogP contribution is -2.58. The van der Waals surface area contributed by atoms with E-state index in [0.717, 1.165) is 0 Å². The molecule has 8 nitrogen and oxygen atoms in total. The van der Waals surface area contributed by atoms with Crippen molar-refractivity contribution in [3.8, 4) is 0 Å². The van der Waals surface area contributed by atoms with Gasteiger partial charge in [0.05, 0.1) is 14.9 Å². The highest BCUT2D eigenvalue weighted by Gasteiger charge is 1.98. The van der Waals surface area contributed by atoms with Gasteiger partial charge in [0.25, 0.3) is 0 Å². The van der Waals surface area contributed by atoms with Gasteiger partial charge in [0.2, 0.25) is 0 Å². The summed E-state index contributed by atoms with van der Waals surface area (Å²) in [6, 6.07) is 0. The van der Waals surface area contributed by atoms with Crippen LogP contribution in [0.3, 0.4) is 0 Å². The second-order valence-electron chi connectivity index (χ2n) is 0.844. The number of hydrogen-bond acceptors (Lipinski definition) is 6. The highest BCUT2D eigenvalue weighted by molar-refractivity contribution is 7.79. The third-order valence-corrected chi connectivity index (χ3v) is 0. The molecule has 3 N–H and O–H groups in total. The van der Waals surface area contributed by atoms with Crippen molar-refractivity contribution in [3.63, 3.8) is 0 Å². The second kappa shape index (κ2) is 5.88. The molecule has 0 aliphatic carbocycles. The van der Waals surface area contributed by atoms with Crippen molar-refractivity contribution >= 4 is 22.8 Å². The molecule has 0 atom stereocenters. The summed E-state index contributed by atoms with van der Waals surface area (Å²) in [5, 5.41) is 0. The molecule has 0 aromatic carbocycles. The van der Waals surface area contributed by atoms with Gasteiger partial charge < -0.3 is 0 Å². The van der Waals surface area contributed by atoms with E-state index in [1.54, 1.807) is 0 Å². The Balaban J connectivity index is -0.000000107. The van der Waals surface area contributed by atoms with Gasteiger partial charge in [0, 0.05) is 0 Å². The summed E-state index contributed by atoms with van der Waals surface area (Å²) in [6.07, 6.45) is 0. The summed E-state index contributed by atoms with van der Waals surface area (Å²) in [5.74, 6) is 0. The smallest absolute Gasteiger partial charge is 0.264 e. The Hall–Kier alpha value is 0.290. The molecule has 0 aliphatic heterocycles. The minimum Gasteiger partial charge on any atom is -0.264 e. The third-order valence-electron chi connectivity index (χ3n) is 0. The lowest BCUT2D eigenvalue weighted by atomic mass is 15.8. The lowest BCUT2D eigenvalue weighted by molar-refractivity contribution is -1.92. The van der Waals surface area contributed by atoms with Crippen molar-refractivity contribution in [2.75, 3.05) is 0 Å². The van der Waals surface area contributed by atoms with Gasteiger partial charge in [0.15, 0.2) is 0 Å². The maximum atomic E-state index is 8.74. The summed E-state index contributed by atoms with van der Waals surface area (Å²) >= 11 is 0. The van der Waals surface area contributed by atoms with E-state index in [9.17, 15) is 0 Å². The molecule has 0 fully saturated rings. The van der Waals surface area contributed by atoms with Crippen molar-refractivity contribution in [2.24, 2.45) is 0 Å². The molecule has 0 saturated heterocycles. The molecule has 0 aliphatic rings. The van der Waals surface area contributed by atoms with E-state index in [-0.39, 0.29) is 12.4 Å². The molecule has 72 valence electrons. The Labute approximate surface area is 69.8 Å². The Bertz CT molecular complexity index is 147. The minimum absolute atomic E-state index is 0. The number of halogens is 2. The van der Waals surface area contributed by atoms with Crippen molar-refractivity contribution in [3.05, 3.63) is 0 Å². The lowest BCUT2D eigenvalue weighted by Gasteiger charge is -2.03. The molecule has 0 aromatic rings. The highest BCUT2D eigenvalue weighted by Crippen LogP contribution is 1.61. The van der Waals surface area contributed by atoms with Gasteiger partial charge in [-0.3, -0.25) is 9.11 Å². The van der Waals surface area contributed by atoms with Crippen molar-refractivity contribution in [2.45, 2.75) is 0 Å². The number of rotatable bonds is 0. The predicted molar refractivity (Wildman–Crippen MR) is 23.6 cm³/mol. The second-order valence-corrected chi connectivity index (χ2v) is 2.53. The van der Waals surface area contributed by atoms with Gasteiger partial charge in [-0.1, -0.05) is 0 Å². The molecule has 0 spiro atoms. The molecule has 0 rings (SSSR count). The molecule has 0 aromatic heterocycles. The van der Waals surface area contributed by atoms with E-state index in [4.69, 9.17) is 36.2 Å². The predicted octanol–water partition coefficient (Wildman–Crippen LogP) is -4.35. The monoisotopic (exact) mass is 234 g/mol. The van der Waals surface area contributed by atoms with E-state index in [0.29, 0.717) is 0 Å². The Kier molecular flexibility index (Phi) is 9.30. The summed E-state index contributed by atoms with van der Waals surface area (Å²) in [7, 11) is -9.36. The summed E-state index contributed by atoms with van der Waals surface area (Å²) in [4.78, 5) is 0. The minimum atomic E-state index is -4.69. The molecule has 11 heavy (non-hydrogen) atoms. The van der Waals surface area contributed by atoms with Crippen molar-refractivity contribution in [1.82, 2.24) is 0 Å². The molecular formula is H4Cl2O8S. The maximum Gasteiger partial charge on any atom is 0.394 e. The molecule has 0 heterocycles. The fourth-order valence-electron chi connectivity index (χ4n) is 0. The Morgan fingerprint density at radius 2 is 1.09 bits per heavy atom. The molecule has 0 amide bonds. The van der Waals surface area contributed by atoms with Crippen LogP contribution < -0.4 is 14.0 Å². The van der Waals surface area contributed by atoms with Crippen LogP contribution in [0, 0.1) is 10.2 Å². The van der Waals surface area contributed by atoms with Crippen LogP contribution in [0.15, 0.2) is 0 Å². The van der Waals surface area contributed by atoms with Gasteiger partial charge in [-0.25, -0.2) is 0 Å². The summed E-state index contributed by atoms with van der Waals surface area (Å²) in [6.45, 7) is 0. The SMILES string of the molecule is Cl.O=S(=O)(O)O.[O-][Cl+3]([O-])([O-])O. The standard InChI is InChI=1S/ClHO4.ClH.H2O4S/c2-1(3,4)5;;1-5(2,3)4/h(H,2,3,4,5);1H;(H2,1,2,3,4). The van der Waals surface area contributed by atoms with E-state index in [1.165, 1.54) is 0 Å². The van der Waals surface area contributed by atoms with Crippen LogP contribution in [-0.4, -0.2) is 22.2 Å². The molecule has 11 heteroatoms. The van der Waals surface area contributed by atoms with Crippen LogP contribution in [0.2, 0.25) is 0 Å². The Morgan fingerprint density at radius 3 is 1.09 bits per heavy atom. The first kappa shape index (κ1) is 17.4. The van der Waals surface area contributed by atoms with Crippen molar-refractivity contribution in [1.29, 1.82) is 0 Å². The van der Waals surface area contributed by atoms with Crippen molar-refractivity contribution < 1.29 is 46.4 Å². The largest absolute Gasteiger partial charge is 0.394 e. The van der Waals surface area contributed by atoms with Crippen LogP contribution in [0.1, 0.15) is 0 Å². The quantitative estimate of drug-likeness (QED) is 0.354. The number of hydrogen-bond donors (Lipinski definition) is 3. The van der Waals surface area contributed by atoms with Gasteiger partial charge in [-0.15, -0.1) is 12.4 Å². The fraction of sp³-hybridized carbons (Fsp3) is 0. The fourth-order valence-corrected chi connectivity index (χ4v) is 0. The van der Waals surface area contributed by atoms with Crippen LogP contribution in [0.25, 0.3) is 0 Å². The first-order valence-corrected chi connectivity index (χ1v) is 3.99. The van der Waals surface area contributed by atoms with Crippen LogP contribution in [0.5, 0.6) is 0 Å². The molecule has 0 unspecified atom stereocenters. The molecule has 0 radical (unpaired) electrons. The Morgan fingerprint density at radius 1 is 1.09 bits per heavy atom. The van der Waals surface area contributed by atoms with Gasteiger partial charge in [-0.05, 0) is 0 Å². The first-order valence-electron chi connectivity index (χ1n) is 1.33. The zero-order chi connectivity index (χ0) is 9.00. The highest BCUT2D eigenvalue weighted by atomic mass is 35.7. The average Bonchev–Trinajstić information content (AvgIpc) is 1.12. The van der Waals surface area contributed by atoms with E-state index >= 15 is 0 Å². The first-order chi connectivity index (χ1) is 4.00. The van der Waals surface area contributed by atoms with E-state index in [2.05, 4.69) is 0 Å². The van der Waals surface area contributed by atoms with Crippen LogP contribution in [0.4, 0.5) is 0 Å². The van der Waals surface area contributed by atoms with Crippen LogP contribution >= 0.6 is 12.4 Å². The van der Waals surface area contributed by atoms with Gasteiger partial charge >= 0.3 is 10.4 Å². The van der Waals surface area contributed by atoms with E-state index in [1.807, 2.05) is 0 Å². The molecular weight excluding hydrogens is 231 g/mol. The van der Waals surface area contributed by atoms with Gasteiger partial charge in [0.1, 0.15) is 0 Å².